The normalized spacial score (nSPS) is 16.5. The van der Waals surface area contributed by atoms with Crippen molar-refractivity contribution in [2.45, 2.75) is 50.6 Å². The van der Waals surface area contributed by atoms with Crippen LogP contribution in [0.5, 0.6) is 11.5 Å². The summed E-state index contributed by atoms with van der Waals surface area (Å²) in [6.45, 7) is 5.45. The fourth-order valence-electron chi connectivity index (χ4n) is 5.13. The number of rotatable bonds is 9. The molecule has 0 radical (unpaired) electrons. The number of ketones is 1. The molecular formula is C34H39N3O7S. The lowest BCUT2D eigenvalue weighted by molar-refractivity contribution is -0.138. The van der Waals surface area contributed by atoms with Crippen molar-refractivity contribution in [3.05, 3.63) is 90.0 Å². The van der Waals surface area contributed by atoms with Crippen LogP contribution in [0, 0.1) is 5.92 Å². The van der Waals surface area contributed by atoms with E-state index >= 15 is 0 Å². The van der Waals surface area contributed by atoms with Gasteiger partial charge in [0, 0.05) is 30.0 Å². The van der Waals surface area contributed by atoms with Crippen molar-refractivity contribution >= 4 is 33.3 Å². The predicted molar refractivity (Wildman–Crippen MR) is 170 cm³/mol. The molecule has 3 aromatic rings. The fraction of sp³-hybridized carbons (Fsp3) is 0.353. The Kier molecular flexibility index (Phi) is 10.8. The second-order valence-electron chi connectivity index (χ2n) is 11.8. The largest absolute Gasteiger partial charge is 0.457 e. The van der Waals surface area contributed by atoms with Crippen LogP contribution in [-0.2, 0) is 19.4 Å². The van der Waals surface area contributed by atoms with Crippen LogP contribution in [0.4, 0.5) is 0 Å². The van der Waals surface area contributed by atoms with E-state index in [9.17, 15) is 27.6 Å². The summed E-state index contributed by atoms with van der Waals surface area (Å²) < 4.78 is 29.8. The van der Waals surface area contributed by atoms with Crippen LogP contribution in [0.2, 0.25) is 0 Å². The number of para-hydroxylation sites is 1. The first-order chi connectivity index (χ1) is 21.3. The molecule has 4 rings (SSSR count). The Morgan fingerprint density at radius 3 is 2.22 bits per heavy atom. The third-order valence-electron chi connectivity index (χ3n) is 7.55. The van der Waals surface area contributed by atoms with E-state index in [4.69, 9.17) is 4.74 Å². The number of hydrogen-bond acceptors (Lipinski definition) is 7. The number of carbonyl (C=O) groups is 4. The summed E-state index contributed by atoms with van der Waals surface area (Å²) in [6, 6.07) is 20.4. The zero-order valence-corrected chi connectivity index (χ0v) is 26.8. The summed E-state index contributed by atoms with van der Waals surface area (Å²) in [4.78, 5) is 56.3. The zero-order chi connectivity index (χ0) is 32.7. The van der Waals surface area contributed by atoms with E-state index in [0.717, 1.165) is 6.26 Å². The van der Waals surface area contributed by atoms with Crippen LogP contribution >= 0.6 is 0 Å². The zero-order valence-electron chi connectivity index (χ0n) is 25.9. The van der Waals surface area contributed by atoms with E-state index < -0.39 is 33.7 Å². The van der Waals surface area contributed by atoms with Crippen molar-refractivity contribution < 1.29 is 32.3 Å². The smallest absolute Gasteiger partial charge is 0.254 e. The Hall–Kier alpha value is -4.51. The average molecular weight is 634 g/mol. The number of sulfone groups is 1. The van der Waals surface area contributed by atoms with E-state index in [2.05, 4.69) is 5.32 Å². The van der Waals surface area contributed by atoms with Gasteiger partial charge in [-0.15, -0.1) is 0 Å². The summed E-state index contributed by atoms with van der Waals surface area (Å²) in [5.74, 6) is -0.250. The van der Waals surface area contributed by atoms with Gasteiger partial charge < -0.3 is 19.9 Å². The minimum Gasteiger partial charge on any atom is -0.457 e. The van der Waals surface area contributed by atoms with Gasteiger partial charge >= 0.3 is 0 Å². The van der Waals surface area contributed by atoms with E-state index in [1.807, 2.05) is 44.2 Å². The number of carbonyl (C=O) groups excluding carboxylic acids is 4. The molecule has 45 heavy (non-hydrogen) atoms. The van der Waals surface area contributed by atoms with Crippen LogP contribution in [0.15, 0.2) is 83.8 Å². The highest BCUT2D eigenvalue weighted by Crippen LogP contribution is 2.22. The first-order valence-electron chi connectivity index (χ1n) is 14.9. The van der Waals surface area contributed by atoms with Gasteiger partial charge in [0.05, 0.1) is 18.0 Å². The molecule has 0 aromatic heterocycles. The molecule has 0 aliphatic carbocycles. The Balaban J connectivity index is 1.43. The molecule has 1 aliphatic heterocycles. The lowest BCUT2D eigenvalue weighted by Crippen LogP contribution is -2.54. The van der Waals surface area contributed by atoms with Gasteiger partial charge in [-0.3, -0.25) is 19.2 Å². The van der Waals surface area contributed by atoms with Crippen LogP contribution < -0.4 is 10.1 Å². The molecule has 0 unspecified atom stereocenters. The van der Waals surface area contributed by atoms with Crippen molar-refractivity contribution in [1.29, 1.82) is 0 Å². The van der Waals surface area contributed by atoms with E-state index in [0.29, 0.717) is 29.9 Å². The number of benzene rings is 3. The number of nitrogens with zero attached hydrogens (tertiary/aromatic N) is 2. The second-order valence-corrected chi connectivity index (χ2v) is 13.8. The fourth-order valence-corrected chi connectivity index (χ4v) is 5.79. The molecule has 11 heteroatoms. The number of amides is 3. The van der Waals surface area contributed by atoms with Crippen molar-refractivity contribution in [1.82, 2.24) is 15.1 Å². The van der Waals surface area contributed by atoms with E-state index in [-0.39, 0.29) is 47.7 Å². The topological polar surface area (TPSA) is 130 Å². The number of ether oxygens (including phenoxy) is 1. The van der Waals surface area contributed by atoms with Gasteiger partial charge in [0.15, 0.2) is 15.6 Å². The molecule has 1 heterocycles. The van der Waals surface area contributed by atoms with Crippen LogP contribution in [0.3, 0.4) is 0 Å². The maximum Gasteiger partial charge on any atom is 0.254 e. The highest BCUT2D eigenvalue weighted by atomic mass is 32.2. The maximum absolute atomic E-state index is 13.7. The van der Waals surface area contributed by atoms with Gasteiger partial charge in [-0.2, -0.15) is 0 Å². The molecule has 0 saturated carbocycles. The Morgan fingerprint density at radius 2 is 1.58 bits per heavy atom. The van der Waals surface area contributed by atoms with E-state index in [1.54, 1.807) is 31.2 Å². The summed E-state index contributed by atoms with van der Waals surface area (Å²) in [7, 11) is -3.52. The molecule has 1 saturated heterocycles. The Morgan fingerprint density at radius 1 is 0.911 bits per heavy atom. The van der Waals surface area contributed by atoms with Gasteiger partial charge in [-0.1, -0.05) is 38.1 Å². The number of hydrogen-bond donors (Lipinski definition) is 1. The van der Waals surface area contributed by atoms with Crippen molar-refractivity contribution in [2.75, 3.05) is 25.9 Å². The number of nitrogens with one attached hydrogen (secondary N) is 1. The van der Waals surface area contributed by atoms with Gasteiger partial charge in [-0.05, 0) is 80.3 Å². The summed E-state index contributed by atoms with van der Waals surface area (Å²) in [6.07, 6.45) is 1.83. The maximum atomic E-state index is 13.7. The highest BCUT2D eigenvalue weighted by molar-refractivity contribution is 7.90. The van der Waals surface area contributed by atoms with Gasteiger partial charge in [0.25, 0.3) is 11.8 Å². The molecule has 0 bridgehead atoms. The monoisotopic (exact) mass is 633 g/mol. The van der Waals surface area contributed by atoms with Crippen molar-refractivity contribution in [3.8, 4) is 11.5 Å². The summed E-state index contributed by atoms with van der Waals surface area (Å²) >= 11 is 0. The van der Waals surface area contributed by atoms with Crippen LogP contribution in [-0.4, -0.2) is 79.7 Å². The average Bonchev–Trinajstić information content (AvgIpc) is 3.00. The summed E-state index contributed by atoms with van der Waals surface area (Å²) in [5.41, 5.74) is 0.536. The molecule has 3 amide bonds. The van der Waals surface area contributed by atoms with E-state index in [1.165, 1.54) is 34.1 Å². The standard InChI is InChI=1S/C34H39N3O7S/c1-23(2)19-31(35-32(39)25-13-15-29(16-14-25)44-28-10-6-5-7-11-28)34(41)36-18-17-24(3)37(22-27(38)21-36)33(40)26-9-8-12-30(20-26)45(4,42)43/h5-16,20,23-24,31H,17-19,21-22H2,1-4H3,(H,35,39)/t24-,31-/m0/s1. The molecule has 1 fully saturated rings. The first kappa shape index (κ1) is 33.4. The third-order valence-corrected chi connectivity index (χ3v) is 8.66. The van der Waals surface area contributed by atoms with Crippen LogP contribution in [0.1, 0.15) is 54.3 Å². The lowest BCUT2D eigenvalue weighted by Gasteiger charge is -2.36. The van der Waals surface area contributed by atoms with Gasteiger partial charge in [0.1, 0.15) is 17.5 Å². The molecule has 2 atom stereocenters. The lowest BCUT2D eigenvalue weighted by atomic mass is 10.0. The molecule has 3 aromatic carbocycles. The molecule has 238 valence electrons. The Bertz CT molecular complexity index is 1640. The molecule has 0 spiro atoms. The number of Topliss-reactive ketones (excluding diaryl/α,β-unsaturated/α-hetero) is 1. The van der Waals surface area contributed by atoms with Gasteiger partial charge in [0.2, 0.25) is 5.91 Å². The van der Waals surface area contributed by atoms with Crippen molar-refractivity contribution in [2.24, 2.45) is 5.92 Å². The van der Waals surface area contributed by atoms with Gasteiger partial charge in [-0.25, -0.2) is 8.42 Å². The van der Waals surface area contributed by atoms with Crippen LogP contribution in [0.25, 0.3) is 0 Å². The first-order valence-corrected chi connectivity index (χ1v) is 16.8. The Labute approximate surface area is 264 Å². The predicted octanol–water partition coefficient (Wildman–Crippen LogP) is 4.36. The molecule has 10 nitrogen and oxygen atoms in total. The molecule has 1 N–H and O–H groups in total. The second kappa shape index (κ2) is 14.5. The quantitative estimate of drug-likeness (QED) is 0.371. The molecular weight excluding hydrogens is 594 g/mol. The van der Waals surface area contributed by atoms with Crippen molar-refractivity contribution in [3.63, 3.8) is 0 Å². The molecule has 1 aliphatic rings. The minimum atomic E-state index is -3.52. The summed E-state index contributed by atoms with van der Waals surface area (Å²) in [5, 5.41) is 2.86. The minimum absolute atomic E-state index is 0.0193. The highest BCUT2D eigenvalue weighted by Gasteiger charge is 2.33. The SMILES string of the molecule is CC(C)C[C@H](NC(=O)c1ccc(Oc2ccccc2)cc1)C(=O)N1CC[C@H](C)N(C(=O)c2cccc(S(C)(=O)=O)c2)CC(=O)C1. The third kappa shape index (κ3) is 9.01.